The second kappa shape index (κ2) is 5.69. The fraction of sp³-hybridized carbons (Fsp3) is 0.357. The van der Waals surface area contributed by atoms with Crippen molar-refractivity contribution in [3.8, 4) is 5.75 Å². The number of nitrogens with one attached hydrogen (secondary N) is 1. The van der Waals surface area contributed by atoms with Gasteiger partial charge in [-0.3, -0.25) is 5.10 Å². The standard InChI is InChI=1S/C14H19N3O/c1-3-13(18-11-7-5-4-6-8-11)14-12(9-15)10(2)16-17-14/h4-8,13H,3,9,15H2,1-2H3,(H,16,17). The zero-order chi connectivity index (χ0) is 13.0. The molecule has 0 aliphatic rings. The summed E-state index contributed by atoms with van der Waals surface area (Å²) >= 11 is 0. The van der Waals surface area contributed by atoms with Gasteiger partial charge in [-0.05, 0) is 25.5 Å². The number of H-pyrrole nitrogens is 1. The first-order valence-electron chi connectivity index (χ1n) is 6.21. The third kappa shape index (κ3) is 2.54. The molecule has 2 rings (SSSR count). The van der Waals surface area contributed by atoms with Crippen LogP contribution in [-0.4, -0.2) is 10.2 Å². The number of aromatic amines is 1. The van der Waals surface area contributed by atoms with Crippen LogP contribution in [0.25, 0.3) is 0 Å². The van der Waals surface area contributed by atoms with Gasteiger partial charge in [-0.15, -0.1) is 0 Å². The molecule has 1 heterocycles. The van der Waals surface area contributed by atoms with E-state index in [0.29, 0.717) is 6.54 Å². The van der Waals surface area contributed by atoms with Crippen LogP contribution in [0.1, 0.15) is 36.4 Å². The molecule has 4 heteroatoms. The molecule has 0 saturated carbocycles. The fourth-order valence-corrected chi connectivity index (χ4v) is 1.99. The lowest BCUT2D eigenvalue weighted by atomic mass is 10.1. The average Bonchev–Trinajstić information content (AvgIpc) is 2.78. The number of aromatic nitrogens is 2. The van der Waals surface area contributed by atoms with Gasteiger partial charge in [-0.2, -0.15) is 5.10 Å². The second-order valence-corrected chi connectivity index (χ2v) is 4.24. The van der Waals surface area contributed by atoms with Gasteiger partial charge in [0, 0.05) is 17.8 Å². The molecule has 0 saturated heterocycles. The molecule has 0 spiro atoms. The summed E-state index contributed by atoms with van der Waals surface area (Å²) in [7, 11) is 0. The monoisotopic (exact) mass is 245 g/mol. The molecule has 0 amide bonds. The Morgan fingerprint density at radius 1 is 1.33 bits per heavy atom. The van der Waals surface area contributed by atoms with E-state index in [-0.39, 0.29) is 6.10 Å². The quantitative estimate of drug-likeness (QED) is 0.851. The van der Waals surface area contributed by atoms with Crippen molar-refractivity contribution in [3.05, 3.63) is 47.3 Å². The summed E-state index contributed by atoms with van der Waals surface area (Å²) in [4.78, 5) is 0. The van der Waals surface area contributed by atoms with Crippen LogP contribution in [0.4, 0.5) is 0 Å². The second-order valence-electron chi connectivity index (χ2n) is 4.24. The molecule has 0 aliphatic carbocycles. The molecule has 3 N–H and O–H groups in total. The Bertz CT molecular complexity index is 493. The number of nitrogens with zero attached hydrogens (tertiary/aromatic N) is 1. The van der Waals surface area contributed by atoms with E-state index in [1.54, 1.807) is 0 Å². The number of ether oxygens (including phenoxy) is 1. The highest BCUT2D eigenvalue weighted by Crippen LogP contribution is 2.26. The summed E-state index contributed by atoms with van der Waals surface area (Å²) in [6, 6.07) is 9.79. The van der Waals surface area contributed by atoms with Crippen LogP contribution in [0.3, 0.4) is 0 Å². The van der Waals surface area contributed by atoms with E-state index >= 15 is 0 Å². The predicted octanol–water partition coefficient (Wildman–Crippen LogP) is 2.71. The van der Waals surface area contributed by atoms with E-state index in [4.69, 9.17) is 10.5 Å². The van der Waals surface area contributed by atoms with Crippen LogP contribution in [0.2, 0.25) is 0 Å². The maximum absolute atomic E-state index is 5.97. The van der Waals surface area contributed by atoms with Gasteiger partial charge in [-0.25, -0.2) is 0 Å². The Labute approximate surface area is 107 Å². The van der Waals surface area contributed by atoms with E-state index in [1.165, 1.54) is 0 Å². The van der Waals surface area contributed by atoms with Crippen molar-refractivity contribution < 1.29 is 4.74 Å². The highest BCUT2D eigenvalue weighted by Gasteiger charge is 2.19. The number of benzene rings is 1. The Morgan fingerprint density at radius 2 is 2.06 bits per heavy atom. The molecule has 4 nitrogen and oxygen atoms in total. The molecule has 1 aromatic carbocycles. The van der Waals surface area contributed by atoms with Crippen LogP contribution in [-0.2, 0) is 6.54 Å². The third-order valence-corrected chi connectivity index (χ3v) is 3.01. The molecule has 1 unspecified atom stereocenters. The molecule has 96 valence electrons. The van der Waals surface area contributed by atoms with E-state index < -0.39 is 0 Å². The van der Waals surface area contributed by atoms with Gasteiger partial charge in [0.15, 0.2) is 0 Å². The van der Waals surface area contributed by atoms with Gasteiger partial charge in [-0.1, -0.05) is 25.1 Å². The molecule has 0 aliphatic heterocycles. The molecule has 1 aromatic heterocycles. The van der Waals surface area contributed by atoms with E-state index in [9.17, 15) is 0 Å². The topological polar surface area (TPSA) is 63.9 Å². The summed E-state index contributed by atoms with van der Waals surface area (Å²) in [5.41, 5.74) is 8.75. The minimum Gasteiger partial charge on any atom is -0.484 e. The lowest BCUT2D eigenvalue weighted by molar-refractivity contribution is 0.195. The van der Waals surface area contributed by atoms with Gasteiger partial charge in [0.25, 0.3) is 0 Å². The van der Waals surface area contributed by atoms with Crippen LogP contribution in [0.15, 0.2) is 30.3 Å². The summed E-state index contributed by atoms with van der Waals surface area (Å²) in [6.45, 7) is 4.54. The molecule has 18 heavy (non-hydrogen) atoms. The molecule has 0 radical (unpaired) electrons. The van der Waals surface area contributed by atoms with Crippen molar-refractivity contribution in [2.45, 2.75) is 32.9 Å². The summed E-state index contributed by atoms with van der Waals surface area (Å²) in [6.07, 6.45) is 0.794. The maximum atomic E-state index is 5.97. The highest BCUT2D eigenvalue weighted by atomic mass is 16.5. The van der Waals surface area contributed by atoms with Crippen molar-refractivity contribution in [2.75, 3.05) is 0 Å². The zero-order valence-electron chi connectivity index (χ0n) is 10.8. The van der Waals surface area contributed by atoms with E-state index in [2.05, 4.69) is 17.1 Å². The number of hydrogen-bond donors (Lipinski definition) is 2. The van der Waals surface area contributed by atoms with Crippen molar-refractivity contribution in [1.29, 1.82) is 0 Å². The normalized spacial score (nSPS) is 12.4. The molecular weight excluding hydrogens is 226 g/mol. The van der Waals surface area contributed by atoms with Gasteiger partial charge in [0.05, 0.1) is 0 Å². The summed E-state index contributed by atoms with van der Waals surface area (Å²) < 4.78 is 5.97. The van der Waals surface area contributed by atoms with Gasteiger partial charge >= 0.3 is 0 Å². The van der Waals surface area contributed by atoms with Crippen LogP contribution < -0.4 is 10.5 Å². The first kappa shape index (κ1) is 12.6. The SMILES string of the molecule is CCC(Oc1ccccc1)c1n[nH]c(C)c1CN. The Balaban J connectivity index is 2.23. The van der Waals surface area contributed by atoms with Crippen molar-refractivity contribution in [3.63, 3.8) is 0 Å². The zero-order valence-corrected chi connectivity index (χ0v) is 10.8. The molecule has 0 bridgehead atoms. The Kier molecular flexibility index (Phi) is 3.99. The van der Waals surface area contributed by atoms with Crippen molar-refractivity contribution in [2.24, 2.45) is 5.73 Å². The minimum atomic E-state index is -0.0594. The lowest BCUT2D eigenvalue weighted by Gasteiger charge is -2.17. The maximum Gasteiger partial charge on any atom is 0.142 e. The first-order chi connectivity index (χ1) is 8.76. The molecular formula is C14H19N3O. The average molecular weight is 245 g/mol. The lowest BCUT2D eigenvalue weighted by Crippen LogP contribution is -2.11. The largest absolute Gasteiger partial charge is 0.484 e. The van der Waals surface area contributed by atoms with E-state index in [0.717, 1.165) is 29.1 Å². The number of rotatable bonds is 5. The number of hydrogen-bond acceptors (Lipinski definition) is 3. The molecule has 2 aromatic rings. The van der Waals surface area contributed by atoms with Crippen LogP contribution in [0, 0.1) is 6.92 Å². The fourth-order valence-electron chi connectivity index (χ4n) is 1.99. The Hall–Kier alpha value is -1.81. The van der Waals surface area contributed by atoms with Gasteiger partial charge in [0.1, 0.15) is 17.5 Å². The number of aryl methyl sites for hydroxylation is 1. The third-order valence-electron chi connectivity index (χ3n) is 3.01. The summed E-state index contributed by atoms with van der Waals surface area (Å²) in [5.74, 6) is 0.855. The molecule has 1 atom stereocenters. The number of nitrogens with two attached hydrogens (primary N) is 1. The van der Waals surface area contributed by atoms with Gasteiger partial charge in [0.2, 0.25) is 0 Å². The van der Waals surface area contributed by atoms with Gasteiger partial charge < -0.3 is 10.5 Å². The minimum absolute atomic E-state index is 0.0594. The van der Waals surface area contributed by atoms with Crippen LogP contribution >= 0.6 is 0 Å². The summed E-state index contributed by atoms with van der Waals surface area (Å²) in [5, 5.41) is 7.30. The highest BCUT2D eigenvalue weighted by molar-refractivity contribution is 5.28. The Morgan fingerprint density at radius 3 is 2.67 bits per heavy atom. The van der Waals surface area contributed by atoms with Crippen molar-refractivity contribution in [1.82, 2.24) is 10.2 Å². The predicted molar refractivity (Wildman–Crippen MR) is 71.3 cm³/mol. The van der Waals surface area contributed by atoms with Crippen LogP contribution in [0.5, 0.6) is 5.75 Å². The first-order valence-corrected chi connectivity index (χ1v) is 6.21. The smallest absolute Gasteiger partial charge is 0.142 e. The number of para-hydroxylation sites is 1. The molecule has 0 fully saturated rings. The van der Waals surface area contributed by atoms with E-state index in [1.807, 2.05) is 37.3 Å². The van der Waals surface area contributed by atoms with Crippen molar-refractivity contribution >= 4 is 0 Å².